The molecule has 5 heteroatoms. The molecule has 126 valence electrons. The molecule has 24 heavy (non-hydrogen) atoms. The number of amides is 1. The molecule has 1 atom stereocenters. The summed E-state index contributed by atoms with van der Waals surface area (Å²) < 4.78 is 5.98. The highest BCUT2D eigenvalue weighted by Gasteiger charge is 2.25. The van der Waals surface area contributed by atoms with E-state index in [4.69, 9.17) is 4.74 Å². The van der Waals surface area contributed by atoms with Crippen LogP contribution in [0.4, 0.5) is 0 Å². The van der Waals surface area contributed by atoms with Gasteiger partial charge in [-0.2, -0.15) is 0 Å². The third-order valence-corrected chi connectivity index (χ3v) is 4.30. The molecular formula is C19H23N3O2. The van der Waals surface area contributed by atoms with Crippen LogP contribution in [-0.4, -0.2) is 40.0 Å². The molecule has 2 aromatic heterocycles. The molecule has 5 nitrogen and oxygen atoms in total. The van der Waals surface area contributed by atoms with Crippen LogP contribution < -0.4 is 0 Å². The summed E-state index contributed by atoms with van der Waals surface area (Å²) in [4.78, 5) is 23.0. The summed E-state index contributed by atoms with van der Waals surface area (Å²) >= 11 is 0. The number of aryl methyl sites for hydroxylation is 1. The van der Waals surface area contributed by atoms with E-state index in [9.17, 15) is 4.79 Å². The minimum atomic E-state index is 0.0711. The number of hydrogen-bond acceptors (Lipinski definition) is 4. The molecule has 2 aromatic rings. The summed E-state index contributed by atoms with van der Waals surface area (Å²) in [6.45, 7) is 4.01. The van der Waals surface area contributed by atoms with Gasteiger partial charge in [0.25, 0.3) is 5.91 Å². The van der Waals surface area contributed by atoms with Gasteiger partial charge in [-0.3, -0.25) is 14.8 Å². The summed E-state index contributed by atoms with van der Waals surface area (Å²) in [6.07, 6.45) is 8.15. The van der Waals surface area contributed by atoms with Gasteiger partial charge in [0.2, 0.25) is 0 Å². The van der Waals surface area contributed by atoms with Crippen molar-refractivity contribution in [3.8, 4) is 0 Å². The smallest absolute Gasteiger partial charge is 0.254 e. The number of carbonyl (C=O) groups excluding carboxylic acids is 1. The minimum absolute atomic E-state index is 0.0711. The predicted octanol–water partition coefficient (Wildman–Crippen LogP) is 2.86. The van der Waals surface area contributed by atoms with E-state index < -0.39 is 0 Å². The number of ether oxygens (including phenoxy) is 1. The number of nitrogens with zero attached hydrogens (tertiary/aromatic N) is 3. The molecule has 3 rings (SSSR count). The first-order valence-electron chi connectivity index (χ1n) is 8.51. The summed E-state index contributed by atoms with van der Waals surface area (Å²) in [7, 11) is 0. The number of hydrogen-bond donors (Lipinski definition) is 0. The maximum absolute atomic E-state index is 12.7. The van der Waals surface area contributed by atoms with E-state index in [1.807, 2.05) is 36.2 Å². The van der Waals surface area contributed by atoms with E-state index in [1.54, 1.807) is 18.5 Å². The van der Waals surface area contributed by atoms with E-state index in [0.29, 0.717) is 13.2 Å². The number of aromatic nitrogens is 2. The Bertz CT molecular complexity index is 675. The largest absolute Gasteiger partial charge is 0.372 e. The first-order valence-corrected chi connectivity index (χ1v) is 8.51. The Balaban J connectivity index is 1.59. The second kappa shape index (κ2) is 8.02. The van der Waals surface area contributed by atoms with Crippen LogP contribution in [0, 0.1) is 0 Å². The summed E-state index contributed by atoms with van der Waals surface area (Å²) in [5.74, 6) is 0.0711. The van der Waals surface area contributed by atoms with Crippen LogP contribution in [0.25, 0.3) is 0 Å². The highest BCUT2D eigenvalue weighted by Crippen LogP contribution is 2.17. The average molecular weight is 325 g/mol. The maximum Gasteiger partial charge on any atom is 0.254 e. The van der Waals surface area contributed by atoms with Crippen molar-refractivity contribution in [2.24, 2.45) is 0 Å². The van der Waals surface area contributed by atoms with Gasteiger partial charge in [0.15, 0.2) is 0 Å². The molecule has 0 bridgehead atoms. The van der Waals surface area contributed by atoms with Gasteiger partial charge in [-0.05, 0) is 43.0 Å². The molecule has 0 spiro atoms. The predicted molar refractivity (Wildman–Crippen MR) is 91.6 cm³/mol. The first-order chi connectivity index (χ1) is 11.8. The van der Waals surface area contributed by atoms with Gasteiger partial charge < -0.3 is 9.64 Å². The standard InChI is InChI=1S/C19H23N3O2/c1-2-17-11-16(7-9-21-17)19(23)22-10-4-6-18(13-22)24-14-15-5-3-8-20-12-15/h3,5,7-9,11-12,18H,2,4,6,10,13-14H2,1H3/t18-/m0/s1. The summed E-state index contributed by atoms with van der Waals surface area (Å²) in [5, 5.41) is 0. The molecule has 0 aromatic carbocycles. The quantitative estimate of drug-likeness (QED) is 0.848. The molecule has 1 amide bonds. The molecule has 3 heterocycles. The highest BCUT2D eigenvalue weighted by atomic mass is 16.5. The Labute approximate surface area is 142 Å². The zero-order valence-corrected chi connectivity index (χ0v) is 14.0. The van der Waals surface area contributed by atoms with Gasteiger partial charge in [-0.25, -0.2) is 0 Å². The number of piperidine rings is 1. The lowest BCUT2D eigenvalue weighted by Gasteiger charge is -2.32. The van der Waals surface area contributed by atoms with Crippen LogP contribution in [0.3, 0.4) is 0 Å². The van der Waals surface area contributed by atoms with Crippen molar-refractivity contribution in [1.82, 2.24) is 14.9 Å². The van der Waals surface area contributed by atoms with Crippen LogP contribution >= 0.6 is 0 Å². The van der Waals surface area contributed by atoms with Crippen LogP contribution in [0.15, 0.2) is 42.9 Å². The van der Waals surface area contributed by atoms with Crippen molar-refractivity contribution in [3.05, 3.63) is 59.7 Å². The van der Waals surface area contributed by atoms with Crippen molar-refractivity contribution in [3.63, 3.8) is 0 Å². The molecule has 1 saturated heterocycles. The van der Waals surface area contributed by atoms with Gasteiger partial charge in [0.05, 0.1) is 12.7 Å². The molecule has 1 aliphatic heterocycles. The Morgan fingerprint density at radius 1 is 1.38 bits per heavy atom. The fourth-order valence-electron chi connectivity index (χ4n) is 2.94. The fraction of sp³-hybridized carbons (Fsp3) is 0.421. The lowest BCUT2D eigenvalue weighted by molar-refractivity contribution is -0.00681. The average Bonchev–Trinajstić information content (AvgIpc) is 2.67. The van der Waals surface area contributed by atoms with Gasteiger partial charge in [0, 0.05) is 42.9 Å². The first kappa shape index (κ1) is 16.6. The van der Waals surface area contributed by atoms with Gasteiger partial charge in [-0.1, -0.05) is 13.0 Å². The number of carbonyl (C=O) groups is 1. The van der Waals surface area contributed by atoms with Crippen molar-refractivity contribution < 1.29 is 9.53 Å². The van der Waals surface area contributed by atoms with Gasteiger partial charge in [-0.15, -0.1) is 0 Å². The normalized spacial score (nSPS) is 17.7. The van der Waals surface area contributed by atoms with E-state index in [2.05, 4.69) is 9.97 Å². The van der Waals surface area contributed by atoms with E-state index in [-0.39, 0.29) is 12.0 Å². The third-order valence-electron chi connectivity index (χ3n) is 4.30. The van der Waals surface area contributed by atoms with Crippen molar-refractivity contribution in [2.75, 3.05) is 13.1 Å². The van der Waals surface area contributed by atoms with Crippen LogP contribution in [-0.2, 0) is 17.8 Å². The molecule has 1 aliphatic rings. The second-order valence-electron chi connectivity index (χ2n) is 6.08. The molecule has 0 unspecified atom stereocenters. The minimum Gasteiger partial charge on any atom is -0.372 e. The third kappa shape index (κ3) is 4.17. The molecule has 0 radical (unpaired) electrons. The maximum atomic E-state index is 12.7. The van der Waals surface area contributed by atoms with Crippen LogP contribution in [0.2, 0.25) is 0 Å². The van der Waals surface area contributed by atoms with Crippen molar-refractivity contribution in [2.45, 2.75) is 38.9 Å². The summed E-state index contributed by atoms with van der Waals surface area (Å²) in [6, 6.07) is 7.59. The Morgan fingerprint density at radius 3 is 3.08 bits per heavy atom. The van der Waals surface area contributed by atoms with Crippen LogP contribution in [0.1, 0.15) is 41.4 Å². The van der Waals surface area contributed by atoms with E-state index in [1.165, 1.54) is 0 Å². The van der Waals surface area contributed by atoms with Gasteiger partial charge >= 0.3 is 0 Å². The van der Waals surface area contributed by atoms with Crippen molar-refractivity contribution >= 4 is 5.91 Å². The zero-order valence-electron chi connectivity index (χ0n) is 14.0. The molecule has 1 fully saturated rings. The SMILES string of the molecule is CCc1cc(C(=O)N2CCC[C@H](OCc3cccnc3)C2)ccn1. The van der Waals surface area contributed by atoms with E-state index in [0.717, 1.165) is 42.6 Å². The Hall–Kier alpha value is -2.27. The summed E-state index contributed by atoms with van der Waals surface area (Å²) in [5.41, 5.74) is 2.72. The second-order valence-corrected chi connectivity index (χ2v) is 6.08. The Morgan fingerprint density at radius 2 is 2.29 bits per heavy atom. The van der Waals surface area contributed by atoms with Gasteiger partial charge in [0.1, 0.15) is 0 Å². The lowest BCUT2D eigenvalue weighted by atomic mass is 10.1. The zero-order chi connectivity index (χ0) is 16.8. The molecule has 0 N–H and O–H groups in total. The monoisotopic (exact) mass is 325 g/mol. The highest BCUT2D eigenvalue weighted by molar-refractivity contribution is 5.94. The molecule has 0 aliphatic carbocycles. The number of pyridine rings is 2. The lowest BCUT2D eigenvalue weighted by Crippen LogP contribution is -2.43. The van der Waals surface area contributed by atoms with Crippen LogP contribution in [0.5, 0.6) is 0 Å². The van der Waals surface area contributed by atoms with Crippen molar-refractivity contribution in [1.29, 1.82) is 0 Å². The Kier molecular flexibility index (Phi) is 5.54. The fourth-order valence-corrected chi connectivity index (χ4v) is 2.94. The molecule has 0 saturated carbocycles. The number of likely N-dealkylation sites (tertiary alicyclic amines) is 1. The topological polar surface area (TPSA) is 55.3 Å². The number of rotatable bonds is 5. The molecular weight excluding hydrogens is 302 g/mol. The van der Waals surface area contributed by atoms with E-state index >= 15 is 0 Å².